The fourth-order valence-electron chi connectivity index (χ4n) is 2.03. The fraction of sp³-hybridized carbons (Fsp3) is 0.278. The van der Waals surface area contributed by atoms with Crippen LogP contribution in [0, 0.1) is 0 Å². The lowest BCUT2D eigenvalue weighted by atomic mass is 10.1. The molecule has 126 valence electrons. The molecule has 2 aromatic rings. The highest BCUT2D eigenvalue weighted by atomic mass is 16.5. The van der Waals surface area contributed by atoms with E-state index in [2.05, 4.69) is 15.6 Å². The summed E-state index contributed by atoms with van der Waals surface area (Å²) in [5.41, 5.74) is 0.505. The minimum atomic E-state index is -0.412. The summed E-state index contributed by atoms with van der Waals surface area (Å²) in [4.78, 5) is 28.7. The number of nitrogens with one attached hydrogen (secondary N) is 2. The van der Waals surface area contributed by atoms with Gasteiger partial charge in [0, 0.05) is 5.54 Å². The summed E-state index contributed by atoms with van der Waals surface area (Å²) < 4.78 is 5.20. The van der Waals surface area contributed by atoms with E-state index in [1.165, 1.54) is 7.11 Å². The van der Waals surface area contributed by atoms with E-state index in [4.69, 9.17) is 4.74 Å². The van der Waals surface area contributed by atoms with Gasteiger partial charge in [0.15, 0.2) is 0 Å². The van der Waals surface area contributed by atoms with Crippen molar-refractivity contribution in [1.82, 2.24) is 10.3 Å². The van der Waals surface area contributed by atoms with Crippen LogP contribution in [0.5, 0.6) is 5.75 Å². The van der Waals surface area contributed by atoms with Gasteiger partial charge in [-0.15, -0.1) is 0 Å². The average molecular weight is 327 g/mol. The lowest BCUT2D eigenvalue weighted by Gasteiger charge is -2.20. The molecule has 2 amide bonds. The molecule has 0 radical (unpaired) electrons. The number of aromatic nitrogens is 1. The van der Waals surface area contributed by atoms with Gasteiger partial charge in [-0.2, -0.15) is 0 Å². The van der Waals surface area contributed by atoms with Crippen LogP contribution in [-0.2, 0) is 0 Å². The second kappa shape index (κ2) is 7.12. The van der Waals surface area contributed by atoms with Crippen LogP contribution in [0.15, 0.2) is 42.5 Å². The number of para-hydroxylation sites is 2. The van der Waals surface area contributed by atoms with E-state index >= 15 is 0 Å². The number of amides is 2. The Hall–Kier alpha value is -2.89. The molecule has 6 heteroatoms. The van der Waals surface area contributed by atoms with Crippen molar-refractivity contribution in [3.8, 4) is 5.75 Å². The number of methoxy groups -OCH3 is 1. The zero-order chi connectivity index (χ0) is 17.7. The molecule has 2 rings (SSSR count). The Kier molecular flexibility index (Phi) is 5.18. The van der Waals surface area contributed by atoms with Gasteiger partial charge in [-0.3, -0.25) is 9.59 Å². The zero-order valence-electron chi connectivity index (χ0n) is 14.2. The third-order valence-electron chi connectivity index (χ3n) is 3.06. The number of hydrogen-bond donors (Lipinski definition) is 2. The van der Waals surface area contributed by atoms with Gasteiger partial charge in [-0.1, -0.05) is 18.2 Å². The lowest BCUT2D eigenvalue weighted by Crippen LogP contribution is -2.41. The molecule has 0 bridgehead atoms. The van der Waals surface area contributed by atoms with Crippen molar-refractivity contribution < 1.29 is 14.3 Å². The summed E-state index contributed by atoms with van der Waals surface area (Å²) in [5, 5.41) is 5.55. The Morgan fingerprint density at radius 3 is 2.21 bits per heavy atom. The van der Waals surface area contributed by atoms with Gasteiger partial charge in [0.2, 0.25) is 0 Å². The average Bonchev–Trinajstić information content (AvgIpc) is 2.54. The quantitative estimate of drug-likeness (QED) is 0.905. The highest BCUT2D eigenvalue weighted by Crippen LogP contribution is 2.23. The number of ether oxygens (including phenoxy) is 1. The van der Waals surface area contributed by atoms with Crippen LogP contribution in [0.1, 0.15) is 41.7 Å². The van der Waals surface area contributed by atoms with E-state index < -0.39 is 5.91 Å². The van der Waals surface area contributed by atoms with Gasteiger partial charge in [-0.25, -0.2) is 4.98 Å². The summed E-state index contributed by atoms with van der Waals surface area (Å²) in [6.45, 7) is 5.63. The summed E-state index contributed by atoms with van der Waals surface area (Å²) in [6.07, 6.45) is 0. The smallest absolute Gasteiger partial charge is 0.274 e. The normalized spacial score (nSPS) is 10.8. The Labute approximate surface area is 141 Å². The topological polar surface area (TPSA) is 80.3 Å². The molecule has 0 unspecified atom stereocenters. The molecule has 0 aliphatic heterocycles. The summed E-state index contributed by atoms with van der Waals surface area (Å²) in [7, 11) is 1.53. The van der Waals surface area contributed by atoms with E-state index in [1.54, 1.807) is 36.4 Å². The molecule has 1 aromatic heterocycles. The van der Waals surface area contributed by atoms with Crippen molar-refractivity contribution in [2.24, 2.45) is 0 Å². The lowest BCUT2D eigenvalue weighted by molar-refractivity contribution is 0.0914. The van der Waals surface area contributed by atoms with Crippen LogP contribution in [0.2, 0.25) is 0 Å². The van der Waals surface area contributed by atoms with E-state index in [0.29, 0.717) is 11.4 Å². The van der Waals surface area contributed by atoms with Crippen LogP contribution in [0.4, 0.5) is 5.69 Å². The first kappa shape index (κ1) is 17.5. The molecule has 0 fully saturated rings. The molecule has 0 atom stereocenters. The third-order valence-corrected chi connectivity index (χ3v) is 3.06. The van der Waals surface area contributed by atoms with Crippen molar-refractivity contribution in [3.05, 3.63) is 53.9 Å². The molecule has 1 aromatic carbocycles. The highest BCUT2D eigenvalue weighted by molar-refractivity contribution is 6.04. The van der Waals surface area contributed by atoms with Crippen LogP contribution < -0.4 is 15.4 Å². The molecule has 2 N–H and O–H groups in total. The van der Waals surface area contributed by atoms with Crippen molar-refractivity contribution in [2.75, 3.05) is 12.4 Å². The first-order chi connectivity index (χ1) is 11.3. The molecule has 0 spiro atoms. The van der Waals surface area contributed by atoms with Gasteiger partial charge in [0.1, 0.15) is 17.1 Å². The van der Waals surface area contributed by atoms with Gasteiger partial charge in [-0.05, 0) is 45.0 Å². The number of anilines is 1. The highest BCUT2D eigenvalue weighted by Gasteiger charge is 2.18. The minimum absolute atomic E-state index is 0.155. The van der Waals surface area contributed by atoms with Crippen LogP contribution in [0.25, 0.3) is 0 Å². The maximum Gasteiger partial charge on any atom is 0.274 e. The Morgan fingerprint density at radius 1 is 0.958 bits per heavy atom. The van der Waals surface area contributed by atoms with E-state index in [-0.39, 0.29) is 22.8 Å². The Morgan fingerprint density at radius 2 is 1.58 bits per heavy atom. The molecular formula is C18H21N3O3. The van der Waals surface area contributed by atoms with Crippen molar-refractivity contribution in [3.63, 3.8) is 0 Å². The van der Waals surface area contributed by atoms with Crippen molar-refractivity contribution >= 4 is 17.5 Å². The molecule has 0 saturated carbocycles. The number of pyridine rings is 1. The van der Waals surface area contributed by atoms with Crippen LogP contribution in [-0.4, -0.2) is 29.4 Å². The number of hydrogen-bond acceptors (Lipinski definition) is 4. The predicted molar refractivity (Wildman–Crippen MR) is 92.4 cm³/mol. The summed E-state index contributed by atoms with van der Waals surface area (Å²) in [5.74, 6) is -0.188. The summed E-state index contributed by atoms with van der Waals surface area (Å²) in [6, 6.07) is 11.8. The third kappa shape index (κ3) is 4.55. The Balaban J connectivity index is 2.19. The van der Waals surface area contributed by atoms with Gasteiger partial charge in [0.05, 0.1) is 12.8 Å². The largest absolute Gasteiger partial charge is 0.495 e. The van der Waals surface area contributed by atoms with E-state index in [1.807, 2.05) is 26.8 Å². The minimum Gasteiger partial charge on any atom is -0.495 e. The SMILES string of the molecule is COc1ccccc1NC(=O)c1cccc(C(=O)NC(C)(C)C)n1. The second-order valence-electron chi connectivity index (χ2n) is 6.27. The molecule has 0 aliphatic rings. The summed E-state index contributed by atoms with van der Waals surface area (Å²) >= 11 is 0. The van der Waals surface area contributed by atoms with Gasteiger partial charge in [0.25, 0.3) is 11.8 Å². The predicted octanol–water partition coefficient (Wildman–Crippen LogP) is 2.87. The molecule has 1 heterocycles. The van der Waals surface area contributed by atoms with Gasteiger partial charge < -0.3 is 15.4 Å². The first-order valence-electron chi connectivity index (χ1n) is 7.54. The Bertz CT molecular complexity index is 751. The molecule has 0 saturated heterocycles. The number of nitrogens with zero attached hydrogens (tertiary/aromatic N) is 1. The number of rotatable bonds is 4. The maximum atomic E-state index is 12.4. The van der Waals surface area contributed by atoms with Crippen molar-refractivity contribution in [1.29, 1.82) is 0 Å². The molecular weight excluding hydrogens is 306 g/mol. The second-order valence-corrected chi connectivity index (χ2v) is 6.27. The van der Waals surface area contributed by atoms with E-state index in [9.17, 15) is 9.59 Å². The zero-order valence-corrected chi connectivity index (χ0v) is 14.2. The molecule has 24 heavy (non-hydrogen) atoms. The number of carbonyl (C=O) groups excluding carboxylic acids is 2. The number of carbonyl (C=O) groups is 2. The molecule has 6 nitrogen and oxygen atoms in total. The van der Waals surface area contributed by atoms with Crippen LogP contribution >= 0.6 is 0 Å². The van der Waals surface area contributed by atoms with Gasteiger partial charge >= 0.3 is 0 Å². The number of benzene rings is 1. The monoisotopic (exact) mass is 327 g/mol. The molecule has 0 aliphatic carbocycles. The maximum absolute atomic E-state index is 12.4. The van der Waals surface area contributed by atoms with Crippen molar-refractivity contribution in [2.45, 2.75) is 26.3 Å². The fourth-order valence-corrected chi connectivity index (χ4v) is 2.03. The van der Waals surface area contributed by atoms with E-state index in [0.717, 1.165) is 0 Å². The standard InChI is InChI=1S/C18H21N3O3/c1-18(2,3)21-17(23)14-10-7-9-13(19-14)16(22)20-12-8-5-6-11-15(12)24-4/h5-11H,1-4H3,(H,20,22)(H,21,23). The van der Waals surface area contributed by atoms with Crippen LogP contribution in [0.3, 0.4) is 0 Å². The first-order valence-corrected chi connectivity index (χ1v) is 7.54.